The van der Waals surface area contributed by atoms with Crippen LogP contribution < -0.4 is 5.32 Å². The van der Waals surface area contributed by atoms with Crippen molar-refractivity contribution in [2.24, 2.45) is 23.2 Å². The van der Waals surface area contributed by atoms with Crippen LogP contribution >= 0.6 is 0 Å². The van der Waals surface area contributed by atoms with E-state index in [0.29, 0.717) is 24.8 Å². The number of aliphatic hydroxyl groups excluding tert-OH is 1. The van der Waals surface area contributed by atoms with Gasteiger partial charge in [-0.1, -0.05) is 24.1 Å². The lowest BCUT2D eigenvalue weighted by Gasteiger charge is -2.53. The van der Waals surface area contributed by atoms with Crippen molar-refractivity contribution in [1.82, 2.24) is 5.32 Å². The molecule has 0 unspecified atom stereocenters. The maximum absolute atomic E-state index is 11.9. The molecule has 0 aromatic rings. The summed E-state index contributed by atoms with van der Waals surface area (Å²) in [5, 5.41) is 22.7. The van der Waals surface area contributed by atoms with E-state index in [9.17, 15) is 9.90 Å². The van der Waals surface area contributed by atoms with Crippen molar-refractivity contribution >= 4 is 5.91 Å². The van der Waals surface area contributed by atoms with Crippen molar-refractivity contribution in [2.45, 2.75) is 52.1 Å². The molecule has 5 atom stereocenters. The number of amides is 1. The first-order valence-corrected chi connectivity index (χ1v) is 8.69. The van der Waals surface area contributed by atoms with Crippen LogP contribution in [-0.2, 0) is 4.79 Å². The first-order chi connectivity index (χ1) is 11.0. The minimum Gasteiger partial charge on any atom is -0.389 e. The second-order valence-corrected chi connectivity index (χ2v) is 7.56. The van der Waals surface area contributed by atoms with Crippen LogP contribution in [0.4, 0.5) is 0 Å². The van der Waals surface area contributed by atoms with Crippen LogP contribution in [0.25, 0.3) is 0 Å². The van der Waals surface area contributed by atoms with E-state index in [-0.39, 0.29) is 17.2 Å². The number of allylic oxidation sites excluding steroid dienone is 2. The number of carbonyl (C=O) groups is 1. The van der Waals surface area contributed by atoms with E-state index < -0.39 is 6.10 Å². The third-order valence-electron chi connectivity index (χ3n) is 6.40. The van der Waals surface area contributed by atoms with E-state index in [4.69, 9.17) is 5.26 Å². The lowest BCUT2D eigenvalue weighted by molar-refractivity contribution is -0.116. The normalized spacial score (nSPS) is 39.8. The fourth-order valence-electron chi connectivity index (χ4n) is 5.27. The summed E-state index contributed by atoms with van der Waals surface area (Å²) in [6.45, 7) is 4.97. The van der Waals surface area contributed by atoms with Crippen LogP contribution in [0.3, 0.4) is 0 Å². The molecule has 4 heteroatoms. The molecule has 1 heterocycles. The molecule has 124 valence electrons. The Morgan fingerprint density at radius 1 is 1.52 bits per heavy atom. The maximum Gasteiger partial charge on any atom is 0.243 e. The third-order valence-corrected chi connectivity index (χ3v) is 6.40. The quantitative estimate of drug-likeness (QED) is 0.770. The molecule has 2 aliphatic carbocycles. The number of nitriles is 1. The number of aliphatic hydroxyl groups is 1. The standard InChI is InChI=1S/C19H26N2O2/c1-12-10-16(22)18-15(14(12)4-3-8-20)6-5-13-11-17(23)21-9-7-19(13,18)2/h10-11,14-16,18,22H,3-7,9H2,1-2H3,(H,21,23)/t14-,15+,16+,18-,19+/m1/s1. The van der Waals surface area contributed by atoms with Crippen LogP contribution in [0.1, 0.15) is 46.0 Å². The largest absolute Gasteiger partial charge is 0.389 e. The zero-order valence-electron chi connectivity index (χ0n) is 14.0. The Kier molecular flexibility index (Phi) is 4.33. The number of hydrogen-bond acceptors (Lipinski definition) is 3. The zero-order valence-corrected chi connectivity index (χ0v) is 14.0. The number of nitrogens with zero attached hydrogens (tertiary/aromatic N) is 1. The van der Waals surface area contributed by atoms with Crippen molar-refractivity contribution in [3.05, 3.63) is 23.3 Å². The van der Waals surface area contributed by atoms with Crippen molar-refractivity contribution in [1.29, 1.82) is 5.26 Å². The molecule has 1 saturated carbocycles. The van der Waals surface area contributed by atoms with Crippen molar-refractivity contribution in [3.8, 4) is 6.07 Å². The highest BCUT2D eigenvalue weighted by molar-refractivity contribution is 5.88. The molecule has 23 heavy (non-hydrogen) atoms. The van der Waals surface area contributed by atoms with Gasteiger partial charge >= 0.3 is 0 Å². The van der Waals surface area contributed by atoms with Gasteiger partial charge in [-0.15, -0.1) is 0 Å². The first kappa shape index (κ1) is 16.3. The van der Waals surface area contributed by atoms with Crippen LogP contribution in [0.5, 0.6) is 0 Å². The van der Waals surface area contributed by atoms with Gasteiger partial charge in [0.25, 0.3) is 0 Å². The number of nitrogens with one attached hydrogen (secondary N) is 1. The molecule has 0 radical (unpaired) electrons. The van der Waals surface area contributed by atoms with Crippen LogP contribution in [0, 0.1) is 34.5 Å². The molecule has 1 fully saturated rings. The lowest BCUT2D eigenvalue weighted by atomic mass is 9.51. The molecular weight excluding hydrogens is 288 g/mol. The van der Waals surface area contributed by atoms with Gasteiger partial charge in [0.15, 0.2) is 0 Å². The van der Waals surface area contributed by atoms with Crippen LogP contribution in [0.15, 0.2) is 23.3 Å². The smallest absolute Gasteiger partial charge is 0.243 e. The summed E-state index contributed by atoms with van der Waals surface area (Å²) in [5.41, 5.74) is 2.29. The Balaban J connectivity index is 1.99. The average molecular weight is 314 g/mol. The van der Waals surface area contributed by atoms with Gasteiger partial charge in [0.2, 0.25) is 5.91 Å². The molecular formula is C19H26N2O2. The highest BCUT2D eigenvalue weighted by Crippen LogP contribution is 2.57. The molecule has 0 aromatic heterocycles. The predicted octanol–water partition coefficient (Wildman–Crippen LogP) is 2.71. The van der Waals surface area contributed by atoms with E-state index in [2.05, 4.69) is 25.2 Å². The molecule has 1 aliphatic heterocycles. The van der Waals surface area contributed by atoms with E-state index in [1.54, 1.807) is 6.08 Å². The lowest BCUT2D eigenvalue weighted by Crippen LogP contribution is -2.50. The Hall–Kier alpha value is -1.60. The molecule has 0 aromatic carbocycles. The summed E-state index contributed by atoms with van der Waals surface area (Å²) in [6, 6.07) is 2.27. The van der Waals surface area contributed by atoms with E-state index in [1.807, 2.05) is 6.08 Å². The SMILES string of the molecule is CC1=C[C@H](O)[C@H]2[C@@H](CCC3=CC(=O)NCC[C@@]32C)[C@@H]1CCC#N. The monoisotopic (exact) mass is 314 g/mol. The fourth-order valence-corrected chi connectivity index (χ4v) is 5.27. The summed E-state index contributed by atoms with van der Waals surface area (Å²) in [6.07, 6.45) is 7.54. The Morgan fingerprint density at radius 2 is 2.30 bits per heavy atom. The number of carbonyl (C=O) groups excluding carboxylic acids is 1. The number of hydrogen-bond donors (Lipinski definition) is 2. The van der Waals surface area contributed by atoms with Gasteiger partial charge < -0.3 is 10.4 Å². The van der Waals surface area contributed by atoms with Crippen LogP contribution in [0.2, 0.25) is 0 Å². The average Bonchev–Trinajstić information content (AvgIpc) is 2.64. The summed E-state index contributed by atoms with van der Waals surface area (Å²) < 4.78 is 0. The van der Waals surface area contributed by atoms with E-state index in [0.717, 1.165) is 25.7 Å². The molecule has 0 saturated heterocycles. The van der Waals surface area contributed by atoms with E-state index in [1.165, 1.54) is 11.1 Å². The number of fused-ring (bicyclic) bond motifs is 3. The van der Waals surface area contributed by atoms with Gasteiger partial charge in [-0.25, -0.2) is 0 Å². The minimum absolute atomic E-state index is 0.000211. The molecule has 4 nitrogen and oxygen atoms in total. The van der Waals surface area contributed by atoms with Gasteiger partial charge in [0.05, 0.1) is 12.2 Å². The summed E-state index contributed by atoms with van der Waals surface area (Å²) in [7, 11) is 0. The first-order valence-electron chi connectivity index (χ1n) is 8.69. The maximum atomic E-state index is 11.9. The van der Waals surface area contributed by atoms with Crippen molar-refractivity contribution < 1.29 is 9.90 Å². The van der Waals surface area contributed by atoms with Gasteiger partial charge in [-0.3, -0.25) is 4.79 Å². The second kappa shape index (κ2) is 6.13. The van der Waals surface area contributed by atoms with Crippen LogP contribution in [-0.4, -0.2) is 23.7 Å². The third kappa shape index (κ3) is 2.72. The highest BCUT2D eigenvalue weighted by Gasteiger charge is 2.52. The fraction of sp³-hybridized carbons (Fsp3) is 0.684. The summed E-state index contributed by atoms with van der Waals surface area (Å²) >= 11 is 0. The van der Waals surface area contributed by atoms with Gasteiger partial charge in [0, 0.05) is 25.0 Å². The Labute approximate surface area is 138 Å². The second-order valence-electron chi connectivity index (χ2n) is 7.56. The van der Waals surface area contributed by atoms with Crippen molar-refractivity contribution in [2.75, 3.05) is 6.54 Å². The van der Waals surface area contributed by atoms with Gasteiger partial charge in [0.1, 0.15) is 0 Å². The van der Waals surface area contributed by atoms with Crippen molar-refractivity contribution in [3.63, 3.8) is 0 Å². The predicted molar refractivity (Wildman–Crippen MR) is 88.1 cm³/mol. The van der Waals surface area contributed by atoms with E-state index >= 15 is 0 Å². The Morgan fingerprint density at radius 3 is 3.04 bits per heavy atom. The molecule has 2 N–H and O–H groups in total. The molecule has 1 amide bonds. The summed E-state index contributed by atoms with van der Waals surface area (Å²) in [4.78, 5) is 11.9. The minimum atomic E-state index is -0.458. The summed E-state index contributed by atoms with van der Waals surface area (Å²) in [5.74, 6) is 0.926. The molecule has 0 spiro atoms. The molecule has 0 bridgehead atoms. The molecule has 3 aliphatic rings. The highest BCUT2D eigenvalue weighted by atomic mass is 16.3. The van der Waals surface area contributed by atoms with Gasteiger partial charge in [-0.05, 0) is 49.9 Å². The zero-order chi connectivity index (χ0) is 16.6. The molecule has 3 rings (SSSR count). The topological polar surface area (TPSA) is 73.1 Å². The van der Waals surface area contributed by atoms with Gasteiger partial charge in [-0.2, -0.15) is 5.26 Å². The number of rotatable bonds is 2. The Bertz CT molecular complexity index is 601.